The number of nitrogens with zero attached hydrogens (tertiary/aromatic N) is 1. The normalized spacial score (nSPS) is 10.8. The van der Waals surface area contributed by atoms with Crippen LogP contribution in [0.15, 0.2) is 70.2 Å². The van der Waals surface area contributed by atoms with Gasteiger partial charge in [0.1, 0.15) is 17.3 Å². The van der Waals surface area contributed by atoms with Gasteiger partial charge in [0.25, 0.3) is 5.91 Å². The third kappa shape index (κ3) is 4.02. The molecule has 3 rings (SSSR count). The van der Waals surface area contributed by atoms with E-state index in [0.717, 1.165) is 0 Å². The van der Waals surface area contributed by atoms with Crippen molar-refractivity contribution in [3.63, 3.8) is 0 Å². The van der Waals surface area contributed by atoms with Crippen LogP contribution in [0.4, 0.5) is 4.39 Å². The summed E-state index contributed by atoms with van der Waals surface area (Å²) < 4.78 is 18.4. The highest BCUT2D eigenvalue weighted by Crippen LogP contribution is 2.22. The van der Waals surface area contributed by atoms with E-state index in [9.17, 15) is 19.1 Å². The lowest BCUT2D eigenvalue weighted by atomic mass is 10.1. The van der Waals surface area contributed by atoms with Gasteiger partial charge in [0, 0.05) is 11.1 Å². The van der Waals surface area contributed by atoms with Gasteiger partial charge in [-0.15, -0.1) is 0 Å². The number of carboxylic acids is 1. The van der Waals surface area contributed by atoms with E-state index in [4.69, 9.17) is 4.42 Å². The zero-order valence-electron chi connectivity index (χ0n) is 13.3. The van der Waals surface area contributed by atoms with Crippen LogP contribution in [-0.2, 0) is 0 Å². The molecule has 26 heavy (non-hydrogen) atoms. The highest BCUT2D eigenvalue weighted by atomic mass is 19.1. The van der Waals surface area contributed by atoms with Gasteiger partial charge in [0.15, 0.2) is 0 Å². The maximum absolute atomic E-state index is 12.8. The molecule has 130 valence electrons. The molecule has 6 nitrogen and oxygen atoms in total. The molecule has 0 atom stereocenters. The molecular weight excluding hydrogens is 339 g/mol. The van der Waals surface area contributed by atoms with Crippen LogP contribution in [0, 0.1) is 5.82 Å². The highest BCUT2D eigenvalue weighted by molar-refractivity contribution is 5.94. The van der Waals surface area contributed by atoms with Crippen LogP contribution >= 0.6 is 0 Å². The van der Waals surface area contributed by atoms with Crippen LogP contribution in [0.3, 0.4) is 0 Å². The van der Waals surface area contributed by atoms with Crippen LogP contribution in [-0.4, -0.2) is 18.1 Å². The molecular formula is C19H12FN2O4-. The molecule has 7 heteroatoms. The molecule has 0 saturated heterocycles. The zero-order chi connectivity index (χ0) is 18.5. The molecule has 0 aliphatic carbocycles. The summed E-state index contributed by atoms with van der Waals surface area (Å²) in [6.45, 7) is 0. The zero-order valence-corrected chi connectivity index (χ0v) is 13.3. The number of furan rings is 1. The van der Waals surface area contributed by atoms with Crippen molar-refractivity contribution in [2.24, 2.45) is 5.10 Å². The van der Waals surface area contributed by atoms with Gasteiger partial charge < -0.3 is 14.3 Å². The van der Waals surface area contributed by atoms with Gasteiger partial charge in [-0.3, -0.25) is 4.79 Å². The maximum atomic E-state index is 12.8. The number of aromatic carboxylic acids is 1. The van der Waals surface area contributed by atoms with Crippen LogP contribution in [0.2, 0.25) is 0 Å². The number of hydrazone groups is 1. The summed E-state index contributed by atoms with van der Waals surface area (Å²) in [5, 5.41) is 14.7. The minimum Gasteiger partial charge on any atom is -0.545 e. The SMILES string of the molecule is O=C([O-])c1cccc(-c2ccc(/C=N/NC(=O)c3ccc(F)cc3)o2)c1. The van der Waals surface area contributed by atoms with Gasteiger partial charge in [-0.05, 0) is 48.0 Å². The smallest absolute Gasteiger partial charge is 0.271 e. The first-order chi connectivity index (χ1) is 12.5. The lowest BCUT2D eigenvalue weighted by Gasteiger charge is -2.03. The lowest BCUT2D eigenvalue weighted by molar-refractivity contribution is -0.255. The molecule has 0 radical (unpaired) electrons. The van der Waals surface area contributed by atoms with Crippen molar-refractivity contribution < 1.29 is 23.5 Å². The lowest BCUT2D eigenvalue weighted by Crippen LogP contribution is -2.22. The minimum atomic E-state index is -1.27. The predicted octanol–water partition coefficient (Wildman–Crippen LogP) is 2.21. The Morgan fingerprint density at radius 1 is 1.04 bits per heavy atom. The Morgan fingerprint density at radius 2 is 1.81 bits per heavy atom. The number of amides is 1. The summed E-state index contributed by atoms with van der Waals surface area (Å²) in [6, 6.07) is 14.5. The number of hydrogen-bond acceptors (Lipinski definition) is 5. The number of carboxylic acid groups (broad SMARTS) is 1. The average molecular weight is 351 g/mol. The van der Waals surface area contributed by atoms with E-state index in [1.165, 1.54) is 42.6 Å². The summed E-state index contributed by atoms with van der Waals surface area (Å²) in [6.07, 6.45) is 1.30. The van der Waals surface area contributed by atoms with Crippen LogP contribution in [0.5, 0.6) is 0 Å². The fourth-order valence-corrected chi connectivity index (χ4v) is 2.20. The van der Waals surface area contributed by atoms with E-state index in [0.29, 0.717) is 17.1 Å². The third-order valence-electron chi connectivity index (χ3n) is 3.47. The number of rotatable bonds is 5. The van der Waals surface area contributed by atoms with Gasteiger partial charge in [0.2, 0.25) is 0 Å². The quantitative estimate of drug-likeness (QED) is 0.563. The van der Waals surface area contributed by atoms with Crippen LogP contribution < -0.4 is 10.5 Å². The number of hydrogen-bond donors (Lipinski definition) is 1. The van der Waals surface area contributed by atoms with Crippen molar-refractivity contribution >= 4 is 18.1 Å². The van der Waals surface area contributed by atoms with Gasteiger partial charge in [-0.1, -0.05) is 18.2 Å². The minimum absolute atomic E-state index is 0.0423. The molecule has 1 amide bonds. The molecule has 0 aliphatic rings. The Balaban J connectivity index is 1.67. The molecule has 3 aromatic rings. The van der Waals surface area contributed by atoms with Crippen LogP contribution in [0.25, 0.3) is 11.3 Å². The molecule has 1 N–H and O–H groups in total. The van der Waals surface area contributed by atoms with Crippen LogP contribution in [0.1, 0.15) is 26.5 Å². The van der Waals surface area contributed by atoms with Gasteiger partial charge in [-0.25, -0.2) is 9.82 Å². The Morgan fingerprint density at radius 3 is 2.54 bits per heavy atom. The molecule has 1 aromatic heterocycles. The predicted molar refractivity (Wildman–Crippen MR) is 89.9 cm³/mol. The Labute approximate surface area is 147 Å². The average Bonchev–Trinajstić information content (AvgIpc) is 3.11. The number of carbonyl (C=O) groups is 2. The standard InChI is InChI=1S/C19H13FN2O4/c20-15-6-4-12(5-7-15)18(23)22-21-11-16-8-9-17(26-16)13-2-1-3-14(10-13)19(24)25/h1-11H,(H,22,23)(H,24,25)/p-1/b21-11+. The number of benzene rings is 2. The highest BCUT2D eigenvalue weighted by Gasteiger charge is 2.06. The Hall–Kier alpha value is -3.74. The van der Waals surface area contributed by atoms with E-state index >= 15 is 0 Å². The van der Waals surface area contributed by atoms with Crippen molar-refractivity contribution in [3.05, 3.63) is 83.4 Å². The fraction of sp³-hybridized carbons (Fsp3) is 0. The molecule has 0 saturated carbocycles. The number of nitrogens with one attached hydrogen (secondary N) is 1. The Bertz CT molecular complexity index is 977. The first-order valence-corrected chi connectivity index (χ1v) is 7.53. The molecule has 0 fully saturated rings. The first-order valence-electron chi connectivity index (χ1n) is 7.53. The van der Waals surface area contributed by atoms with E-state index in [2.05, 4.69) is 10.5 Å². The second-order valence-corrected chi connectivity index (χ2v) is 5.28. The first kappa shape index (κ1) is 17.1. The largest absolute Gasteiger partial charge is 0.545 e. The van der Waals surface area contributed by atoms with Gasteiger partial charge >= 0.3 is 0 Å². The topological polar surface area (TPSA) is 94.7 Å². The monoisotopic (exact) mass is 351 g/mol. The summed E-state index contributed by atoms with van der Waals surface area (Å²) in [5.74, 6) is -1.40. The molecule has 0 unspecified atom stereocenters. The van der Waals surface area contributed by atoms with E-state index in [1.807, 2.05) is 0 Å². The van der Waals surface area contributed by atoms with Crippen molar-refractivity contribution in [2.75, 3.05) is 0 Å². The fourth-order valence-electron chi connectivity index (χ4n) is 2.20. The molecule has 0 aliphatic heterocycles. The number of halogens is 1. The van der Waals surface area contributed by atoms with E-state index in [-0.39, 0.29) is 11.1 Å². The van der Waals surface area contributed by atoms with Gasteiger partial charge in [0.05, 0.1) is 12.2 Å². The van der Waals surface area contributed by atoms with Gasteiger partial charge in [-0.2, -0.15) is 5.10 Å². The number of carbonyl (C=O) groups excluding carboxylic acids is 2. The summed E-state index contributed by atoms with van der Waals surface area (Å²) in [4.78, 5) is 22.7. The van der Waals surface area contributed by atoms with Crippen molar-refractivity contribution in [2.45, 2.75) is 0 Å². The van der Waals surface area contributed by atoms with Crippen molar-refractivity contribution in [3.8, 4) is 11.3 Å². The maximum Gasteiger partial charge on any atom is 0.271 e. The second kappa shape index (κ2) is 7.43. The summed E-state index contributed by atoms with van der Waals surface area (Å²) in [5.41, 5.74) is 3.18. The summed E-state index contributed by atoms with van der Waals surface area (Å²) >= 11 is 0. The van der Waals surface area contributed by atoms with E-state index < -0.39 is 17.7 Å². The van der Waals surface area contributed by atoms with Crippen molar-refractivity contribution in [1.82, 2.24) is 5.43 Å². The van der Waals surface area contributed by atoms with E-state index in [1.54, 1.807) is 24.3 Å². The molecule has 1 heterocycles. The summed E-state index contributed by atoms with van der Waals surface area (Å²) in [7, 11) is 0. The molecule has 0 bridgehead atoms. The molecule has 2 aromatic carbocycles. The molecule has 0 spiro atoms. The van der Waals surface area contributed by atoms with Crippen molar-refractivity contribution in [1.29, 1.82) is 0 Å². The second-order valence-electron chi connectivity index (χ2n) is 5.28. The third-order valence-corrected chi connectivity index (χ3v) is 3.47. The Kier molecular flexibility index (Phi) is 4.89.